The minimum atomic E-state index is -1.17. The molecular formula is C17H13N2O2-. The quantitative estimate of drug-likeness (QED) is 0.799. The van der Waals surface area contributed by atoms with Crippen LogP contribution < -0.4 is 10.4 Å². The minimum absolute atomic E-state index is 0.163. The fourth-order valence-electron chi connectivity index (χ4n) is 2.26. The number of fused-ring (bicyclic) bond motifs is 1. The molecule has 3 aromatic rings. The van der Waals surface area contributed by atoms with Gasteiger partial charge in [0.25, 0.3) is 0 Å². The van der Waals surface area contributed by atoms with Crippen LogP contribution in [-0.2, 0) is 0 Å². The largest absolute Gasteiger partial charge is 0.545 e. The Labute approximate surface area is 122 Å². The van der Waals surface area contributed by atoms with Crippen molar-refractivity contribution in [3.63, 3.8) is 0 Å². The van der Waals surface area contributed by atoms with Gasteiger partial charge in [0.1, 0.15) is 0 Å². The van der Waals surface area contributed by atoms with Gasteiger partial charge in [0.05, 0.1) is 11.5 Å². The molecule has 0 radical (unpaired) electrons. The van der Waals surface area contributed by atoms with Gasteiger partial charge in [-0.1, -0.05) is 30.3 Å². The highest BCUT2D eigenvalue weighted by Crippen LogP contribution is 2.26. The minimum Gasteiger partial charge on any atom is -0.545 e. The Hall–Kier alpha value is -2.88. The monoisotopic (exact) mass is 277 g/mol. The zero-order valence-electron chi connectivity index (χ0n) is 11.5. The van der Waals surface area contributed by atoms with Crippen LogP contribution >= 0.6 is 0 Å². The van der Waals surface area contributed by atoms with Crippen molar-refractivity contribution in [2.75, 3.05) is 5.32 Å². The third kappa shape index (κ3) is 2.69. The first kappa shape index (κ1) is 13.1. The molecule has 0 saturated heterocycles. The summed E-state index contributed by atoms with van der Waals surface area (Å²) in [7, 11) is 0. The third-order valence-corrected chi connectivity index (χ3v) is 3.24. The summed E-state index contributed by atoms with van der Waals surface area (Å²) >= 11 is 0. The molecule has 0 fully saturated rings. The third-order valence-electron chi connectivity index (χ3n) is 3.24. The maximum atomic E-state index is 10.8. The maximum Gasteiger partial charge on any atom is 0.0726 e. The van der Waals surface area contributed by atoms with Crippen molar-refractivity contribution < 1.29 is 9.90 Å². The van der Waals surface area contributed by atoms with E-state index in [1.807, 2.05) is 37.3 Å². The van der Waals surface area contributed by atoms with Crippen LogP contribution in [0.4, 0.5) is 11.4 Å². The average Bonchev–Trinajstić information content (AvgIpc) is 2.47. The van der Waals surface area contributed by atoms with Crippen molar-refractivity contribution in [2.45, 2.75) is 6.92 Å². The number of carbonyl (C=O) groups is 1. The van der Waals surface area contributed by atoms with E-state index in [1.165, 1.54) is 12.1 Å². The molecule has 0 unspecified atom stereocenters. The van der Waals surface area contributed by atoms with Gasteiger partial charge in [-0.15, -0.1) is 0 Å². The van der Waals surface area contributed by atoms with E-state index in [2.05, 4.69) is 10.3 Å². The summed E-state index contributed by atoms with van der Waals surface area (Å²) in [5.41, 5.74) is 3.76. The second-order valence-electron chi connectivity index (χ2n) is 4.82. The molecule has 104 valence electrons. The Morgan fingerprint density at radius 1 is 1.10 bits per heavy atom. The fraction of sp³-hybridized carbons (Fsp3) is 0.0588. The predicted octanol–water partition coefficient (Wildman–Crippen LogP) is 2.65. The van der Waals surface area contributed by atoms with Crippen molar-refractivity contribution in [3.8, 4) is 0 Å². The molecular weight excluding hydrogens is 264 g/mol. The van der Waals surface area contributed by atoms with E-state index in [1.54, 1.807) is 12.1 Å². The Morgan fingerprint density at radius 3 is 2.52 bits per heavy atom. The van der Waals surface area contributed by atoms with Crippen molar-refractivity contribution in [1.82, 2.24) is 4.98 Å². The smallest absolute Gasteiger partial charge is 0.0726 e. The number of hydrogen-bond acceptors (Lipinski definition) is 4. The number of anilines is 2. The second kappa shape index (κ2) is 5.25. The molecule has 0 bridgehead atoms. The standard InChI is InChI=1S/C17H14N2O2/c1-11-10-16(14-4-2-3-5-15(14)18-11)19-13-8-6-12(7-9-13)17(20)21/h2-10H,1H3,(H,18,19)(H,20,21)/p-1. The van der Waals surface area contributed by atoms with Crippen LogP contribution in [-0.4, -0.2) is 11.0 Å². The predicted molar refractivity (Wildman–Crippen MR) is 80.5 cm³/mol. The van der Waals surface area contributed by atoms with Gasteiger partial charge in [-0.25, -0.2) is 0 Å². The lowest BCUT2D eigenvalue weighted by Gasteiger charge is -2.11. The highest BCUT2D eigenvalue weighted by molar-refractivity contribution is 5.93. The van der Waals surface area contributed by atoms with Crippen molar-refractivity contribution in [1.29, 1.82) is 0 Å². The number of nitrogens with one attached hydrogen (secondary N) is 1. The lowest BCUT2D eigenvalue weighted by Crippen LogP contribution is -2.21. The van der Waals surface area contributed by atoms with E-state index >= 15 is 0 Å². The van der Waals surface area contributed by atoms with Crippen LogP contribution in [0.15, 0.2) is 54.6 Å². The molecule has 21 heavy (non-hydrogen) atoms. The first-order valence-electron chi connectivity index (χ1n) is 6.58. The number of aromatic nitrogens is 1. The van der Waals surface area contributed by atoms with Crippen LogP contribution in [0.2, 0.25) is 0 Å². The summed E-state index contributed by atoms with van der Waals surface area (Å²) < 4.78 is 0. The van der Waals surface area contributed by atoms with Crippen LogP contribution in [0.3, 0.4) is 0 Å². The number of carboxylic acids is 1. The molecule has 0 spiro atoms. The zero-order valence-corrected chi connectivity index (χ0v) is 11.5. The molecule has 0 atom stereocenters. The molecule has 0 aliphatic rings. The second-order valence-corrected chi connectivity index (χ2v) is 4.82. The summed E-state index contributed by atoms with van der Waals surface area (Å²) in [5, 5.41) is 15.1. The van der Waals surface area contributed by atoms with Gasteiger partial charge in [-0.05, 0) is 36.8 Å². The van der Waals surface area contributed by atoms with E-state index in [0.29, 0.717) is 0 Å². The number of rotatable bonds is 3. The summed E-state index contributed by atoms with van der Waals surface area (Å²) in [6.07, 6.45) is 0. The SMILES string of the molecule is Cc1cc(Nc2ccc(C(=O)[O-])cc2)c2ccccc2n1. The molecule has 1 N–H and O–H groups in total. The van der Waals surface area contributed by atoms with Gasteiger partial charge >= 0.3 is 0 Å². The lowest BCUT2D eigenvalue weighted by atomic mass is 10.1. The molecule has 4 nitrogen and oxygen atoms in total. The number of nitrogens with zero attached hydrogens (tertiary/aromatic N) is 1. The number of hydrogen-bond donors (Lipinski definition) is 1. The molecule has 2 aromatic carbocycles. The first-order valence-corrected chi connectivity index (χ1v) is 6.58. The number of aryl methyl sites for hydroxylation is 1. The number of carbonyl (C=O) groups excluding carboxylic acids is 1. The Kier molecular flexibility index (Phi) is 3.28. The van der Waals surface area contributed by atoms with Crippen LogP contribution in [0.5, 0.6) is 0 Å². The van der Waals surface area contributed by atoms with Gasteiger partial charge in [0.2, 0.25) is 0 Å². The molecule has 4 heteroatoms. The Bertz CT molecular complexity index is 811. The van der Waals surface area contributed by atoms with Gasteiger partial charge < -0.3 is 15.2 Å². The fourth-order valence-corrected chi connectivity index (χ4v) is 2.26. The topological polar surface area (TPSA) is 65.0 Å². The van der Waals surface area contributed by atoms with E-state index in [9.17, 15) is 9.90 Å². The summed E-state index contributed by atoms with van der Waals surface area (Å²) in [4.78, 5) is 15.2. The van der Waals surface area contributed by atoms with E-state index in [0.717, 1.165) is 28.0 Å². The molecule has 0 aliphatic carbocycles. The van der Waals surface area contributed by atoms with Gasteiger partial charge in [-0.3, -0.25) is 4.98 Å². The summed E-state index contributed by atoms with van der Waals surface area (Å²) in [6.45, 7) is 1.94. The van der Waals surface area contributed by atoms with Gasteiger partial charge in [0, 0.05) is 22.5 Å². The Morgan fingerprint density at radius 2 is 1.81 bits per heavy atom. The molecule has 0 amide bonds. The highest BCUT2D eigenvalue weighted by atomic mass is 16.4. The van der Waals surface area contributed by atoms with Crippen LogP contribution in [0.1, 0.15) is 16.1 Å². The molecule has 1 aromatic heterocycles. The van der Waals surface area contributed by atoms with E-state index in [-0.39, 0.29) is 5.56 Å². The number of pyridine rings is 1. The molecule has 0 saturated carbocycles. The van der Waals surface area contributed by atoms with E-state index < -0.39 is 5.97 Å². The number of aromatic carboxylic acids is 1. The lowest BCUT2D eigenvalue weighted by molar-refractivity contribution is -0.255. The Balaban J connectivity index is 1.99. The molecule has 1 heterocycles. The van der Waals surface area contributed by atoms with Crippen molar-refractivity contribution >= 4 is 28.2 Å². The number of benzene rings is 2. The summed E-state index contributed by atoms with van der Waals surface area (Å²) in [5.74, 6) is -1.17. The first-order chi connectivity index (χ1) is 10.1. The van der Waals surface area contributed by atoms with Crippen LogP contribution in [0, 0.1) is 6.92 Å². The number of para-hydroxylation sites is 1. The molecule has 3 rings (SSSR count). The van der Waals surface area contributed by atoms with Crippen molar-refractivity contribution in [3.05, 3.63) is 65.9 Å². The average molecular weight is 277 g/mol. The number of carboxylic acid groups (broad SMARTS) is 1. The maximum absolute atomic E-state index is 10.8. The van der Waals surface area contributed by atoms with Gasteiger partial charge in [-0.2, -0.15) is 0 Å². The summed E-state index contributed by atoms with van der Waals surface area (Å²) in [6, 6.07) is 16.3. The van der Waals surface area contributed by atoms with Crippen molar-refractivity contribution in [2.24, 2.45) is 0 Å². The highest BCUT2D eigenvalue weighted by Gasteiger charge is 2.04. The van der Waals surface area contributed by atoms with E-state index in [4.69, 9.17) is 0 Å². The van der Waals surface area contributed by atoms with Crippen LogP contribution in [0.25, 0.3) is 10.9 Å². The normalized spacial score (nSPS) is 10.5. The zero-order chi connectivity index (χ0) is 14.8. The molecule has 0 aliphatic heterocycles. The van der Waals surface area contributed by atoms with Gasteiger partial charge in [0.15, 0.2) is 0 Å².